The second kappa shape index (κ2) is 3.55. The van der Waals surface area contributed by atoms with Crippen LogP contribution in [0.5, 0.6) is 0 Å². The third kappa shape index (κ3) is 3.23. The molecule has 2 nitrogen and oxygen atoms in total. The number of carbonyl (C=O) groups is 1. The Morgan fingerprint density at radius 1 is 1.46 bits per heavy atom. The minimum absolute atomic E-state index is 0.0696. The van der Waals surface area contributed by atoms with E-state index in [0.29, 0.717) is 0 Å². The highest BCUT2D eigenvalue weighted by Crippen LogP contribution is 2.20. The molecule has 0 unspecified atom stereocenters. The lowest BCUT2D eigenvalue weighted by atomic mass is 10.1. The fraction of sp³-hybridized carbons (Fsp3) is 0.125. The Balaban J connectivity index is 2.71. The summed E-state index contributed by atoms with van der Waals surface area (Å²) in [4.78, 5) is 14.4. The molecule has 5 heteroatoms. The SMILES string of the molecule is O=C([CH]C(F)(F)F)c1cccnc1. The van der Waals surface area contributed by atoms with Crippen molar-refractivity contribution >= 4 is 5.78 Å². The van der Waals surface area contributed by atoms with Crippen LogP contribution in [-0.4, -0.2) is 16.9 Å². The first-order chi connectivity index (χ1) is 5.99. The van der Waals surface area contributed by atoms with Gasteiger partial charge in [-0.2, -0.15) is 13.2 Å². The number of Topliss-reactive ketones (excluding diaryl/α,β-unsaturated/α-hetero) is 1. The van der Waals surface area contributed by atoms with Crippen molar-refractivity contribution in [1.29, 1.82) is 0 Å². The van der Waals surface area contributed by atoms with Crippen LogP contribution < -0.4 is 0 Å². The quantitative estimate of drug-likeness (QED) is 0.664. The topological polar surface area (TPSA) is 30.0 Å². The van der Waals surface area contributed by atoms with E-state index in [1.54, 1.807) is 0 Å². The summed E-state index contributed by atoms with van der Waals surface area (Å²) in [6, 6.07) is 2.68. The van der Waals surface area contributed by atoms with E-state index in [9.17, 15) is 18.0 Å². The summed E-state index contributed by atoms with van der Waals surface area (Å²) < 4.78 is 35.1. The van der Waals surface area contributed by atoms with Crippen molar-refractivity contribution in [1.82, 2.24) is 4.98 Å². The van der Waals surface area contributed by atoms with Crippen LogP contribution in [0.3, 0.4) is 0 Å². The van der Waals surface area contributed by atoms with Gasteiger partial charge in [-0.1, -0.05) is 0 Å². The standard InChI is InChI=1S/C8H5F3NO/c9-8(10,11)4-7(13)6-2-1-3-12-5-6/h1-5H. The number of aromatic nitrogens is 1. The Bertz CT molecular complexity index is 294. The Morgan fingerprint density at radius 2 is 2.15 bits per heavy atom. The summed E-state index contributed by atoms with van der Waals surface area (Å²) in [6.45, 7) is 0. The van der Waals surface area contributed by atoms with Gasteiger partial charge in [-0.25, -0.2) is 0 Å². The van der Waals surface area contributed by atoms with Gasteiger partial charge >= 0.3 is 6.18 Å². The van der Waals surface area contributed by atoms with Crippen molar-refractivity contribution in [3.8, 4) is 0 Å². The second-order valence-electron chi connectivity index (χ2n) is 2.29. The van der Waals surface area contributed by atoms with Crippen LogP contribution in [0.15, 0.2) is 24.5 Å². The Hall–Kier alpha value is -1.39. The fourth-order valence-corrected chi connectivity index (χ4v) is 0.740. The highest BCUT2D eigenvalue weighted by molar-refractivity contribution is 6.02. The predicted octanol–water partition coefficient (Wildman–Crippen LogP) is 2.03. The maximum absolute atomic E-state index is 11.7. The molecule has 13 heavy (non-hydrogen) atoms. The van der Waals surface area contributed by atoms with Gasteiger partial charge < -0.3 is 0 Å². The van der Waals surface area contributed by atoms with E-state index in [1.165, 1.54) is 18.3 Å². The highest BCUT2D eigenvalue weighted by atomic mass is 19.4. The largest absolute Gasteiger partial charge is 0.400 e. The van der Waals surface area contributed by atoms with Crippen molar-refractivity contribution in [3.05, 3.63) is 36.5 Å². The van der Waals surface area contributed by atoms with Crippen LogP contribution in [0.1, 0.15) is 10.4 Å². The van der Waals surface area contributed by atoms with Crippen LogP contribution >= 0.6 is 0 Å². The molecule has 0 saturated heterocycles. The zero-order chi connectivity index (χ0) is 9.90. The van der Waals surface area contributed by atoms with E-state index < -0.39 is 12.0 Å². The number of hydrogen-bond donors (Lipinski definition) is 0. The first kappa shape index (κ1) is 9.70. The number of halogens is 3. The van der Waals surface area contributed by atoms with E-state index in [2.05, 4.69) is 4.98 Å². The molecule has 1 aromatic rings. The van der Waals surface area contributed by atoms with Crippen LogP contribution in [0.25, 0.3) is 0 Å². The lowest BCUT2D eigenvalue weighted by Crippen LogP contribution is -2.16. The number of hydrogen-bond acceptors (Lipinski definition) is 2. The molecule has 69 valence electrons. The molecule has 0 spiro atoms. The molecular formula is C8H5F3NO. The van der Waals surface area contributed by atoms with Crippen LogP contribution in [0, 0.1) is 6.42 Å². The minimum atomic E-state index is -4.58. The maximum Gasteiger partial charge on any atom is 0.400 e. The summed E-state index contributed by atoms with van der Waals surface area (Å²) in [5.41, 5.74) is -0.0696. The first-order valence-corrected chi connectivity index (χ1v) is 3.36. The number of alkyl halides is 3. The first-order valence-electron chi connectivity index (χ1n) is 3.36. The smallest absolute Gasteiger partial charge is 0.293 e. The summed E-state index contributed by atoms with van der Waals surface area (Å²) in [5.74, 6) is -1.08. The number of pyridine rings is 1. The molecule has 1 rings (SSSR count). The molecule has 0 atom stereocenters. The van der Waals surface area contributed by atoms with Gasteiger partial charge in [-0.3, -0.25) is 9.78 Å². The molecule has 0 N–H and O–H groups in total. The minimum Gasteiger partial charge on any atom is -0.293 e. The normalized spacial score (nSPS) is 11.3. The lowest BCUT2D eigenvalue weighted by Gasteiger charge is -2.03. The summed E-state index contributed by atoms with van der Waals surface area (Å²) in [7, 11) is 0. The number of nitrogens with zero attached hydrogens (tertiary/aromatic N) is 1. The molecule has 0 aromatic carbocycles. The van der Waals surface area contributed by atoms with Gasteiger partial charge in [0.15, 0.2) is 5.78 Å². The monoisotopic (exact) mass is 188 g/mol. The van der Waals surface area contributed by atoms with E-state index in [1.807, 2.05) is 0 Å². The molecule has 0 aliphatic carbocycles. The van der Waals surface area contributed by atoms with Crippen molar-refractivity contribution in [2.75, 3.05) is 0 Å². The van der Waals surface area contributed by atoms with Crippen molar-refractivity contribution < 1.29 is 18.0 Å². The third-order valence-corrected chi connectivity index (χ3v) is 1.24. The fourth-order valence-electron chi connectivity index (χ4n) is 0.740. The number of ketones is 1. The van der Waals surface area contributed by atoms with Gasteiger partial charge in [-0.05, 0) is 12.1 Å². The van der Waals surface area contributed by atoms with E-state index in [4.69, 9.17) is 0 Å². The molecule has 1 aromatic heterocycles. The van der Waals surface area contributed by atoms with Crippen LogP contribution in [0.4, 0.5) is 13.2 Å². The van der Waals surface area contributed by atoms with Gasteiger partial charge in [0.25, 0.3) is 0 Å². The van der Waals surface area contributed by atoms with Crippen molar-refractivity contribution in [2.45, 2.75) is 6.18 Å². The number of carbonyl (C=O) groups excluding carboxylic acids is 1. The zero-order valence-corrected chi connectivity index (χ0v) is 6.38. The highest BCUT2D eigenvalue weighted by Gasteiger charge is 2.32. The van der Waals surface area contributed by atoms with Gasteiger partial charge in [0.1, 0.15) is 6.42 Å². The molecule has 0 bridgehead atoms. The average molecular weight is 188 g/mol. The Kier molecular flexibility index (Phi) is 2.65. The molecule has 1 heterocycles. The van der Waals surface area contributed by atoms with E-state index >= 15 is 0 Å². The average Bonchev–Trinajstić information content (AvgIpc) is 2.03. The summed E-state index contributed by atoms with van der Waals surface area (Å²) >= 11 is 0. The third-order valence-electron chi connectivity index (χ3n) is 1.24. The Morgan fingerprint density at radius 3 is 2.62 bits per heavy atom. The molecule has 0 amide bonds. The molecule has 0 saturated carbocycles. The van der Waals surface area contributed by atoms with Gasteiger partial charge in [0, 0.05) is 18.0 Å². The van der Waals surface area contributed by atoms with E-state index in [0.717, 1.165) is 6.20 Å². The summed E-state index contributed by atoms with van der Waals surface area (Å²) in [5, 5.41) is 0. The molecule has 0 aliphatic rings. The molecule has 1 radical (unpaired) electrons. The molecule has 0 aliphatic heterocycles. The molecule has 0 fully saturated rings. The Labute approximate surface area is 72.4 Å². The summed E-state index contributed by atoms with van der Waals surface area (Å²) in [6.07, 6.45) is -2.40. The van der Waals surface area contributed by atoms with Crippen molar-refractivity contribution in [2.24, 2.45) is 0 Å². The molecular weight excluding hydrogens is 183 g/mol. The van der Waals surface area contributed by atoms with Gasteiger partial charge in [0.2, 0.25) is 0 Å². The van der Waals surface area contributed by atoms with Gasteiger partial charge in [0.05, 0.1) is 0 Å². The second-order valence-corrected chi connectivity index (χ2v) is 2.29. The van der Waals surface area contributed by atoms with Crippen LogP contribution in [-0.2, 0) is 0 Å². The van der Waals surface area contributed by atoms with Crippen LogP contribution in [0.2, 0.25) is 0 Å². The lowest BCUT2D eigenvalue weighted by molar-refractivity contribution is -0.0925. The van der Waals surface area contributed by atoms with Gasteiger partial charge in [-0.15, -0.1) is 0 Å². The predicted molar refractivity (Wildman–Crippen MR) is 38.9 cm³/mol. The van der Waals surface area contributed by atoms with E-state index in [-0.39, 0.29) is 12.0 Å². The number of rotatable bonds is 2. The van der Waals surface area contributed by atoms with Crippen molar-refractivity contribution in [3.63, 3.8) is 0 Å². The maximum atomic E-state index is 11.7. The zero-order valence-electron chi connectivity index (χ0n) is 6.38.